The van der Waals surface area contributed by atoms with Crippen LogP contribution in [0.2, 0.25) is 0 Å². The maximum Gasteiger partial charge on any atom is 0.412 e. The van der Waals surface area contributed by atoms with E-state index in [2.05, 4.69) is 30.2 Å². The van der Waals surface area contributed by atoms with E-state index in [9.17, 15) is 17.6 Å². The average molecular weight is 464 g/mol. The summed E-state index contributed by atoms with van der Waals surface area (Å²) < 4.78 is 57.7. The second-order valence-electron chi connectivity index (χ2n) is 7.62. The van der Waals surface area contributed by atoms with Gasteiger partial charge in [-0.2, -0.15) is 13.2 Å². The highest BCUT2D eigenvalue weighted by atomic mass is 19.4. The van der Waals surface area contributed by atoms with Crippen molar-refractivity contribution in [2.45, 2.75) is 19.1 Å². The number of fused-ring (bicyclic) bond motifs is 2. The summed E-state index contributed by atoms with van der Waals surface area (Å²) in [6.45, 7) is 1.54. The van der Waals surface area contributed by atoms with Crippen LogP contribution in [0.15, 0.2) is 67.4 Å². The Morgan fingerprint density at radius 3 is 2.53 bits per heavy atom. The lowest BCUT2D eigenvalue weighted by Gasteiger charge is -2.25. The van der Waals surface area contributed by atoms with Crippen molar-refractivity contribution >= 4 is 27.8 Å². The number of anilines is 1. The number of aryl methyl sites for hydroxylation is 1. The largest absolute Gasteiger partial charge is 0.412 e. The van der Waals surface area contributed by atoms with Crippen LogP contribution in [0.3, 0.4) is 0 Å². The van der Waals surface area contributed by atoms with Crippen molar-refractivity contribution in [3.63, 3.8) is 0 Å². The van der Waals surface area contributed by atoms with E-state index in [1.54, 1.807) is 24.3 Å². The molecule has 1 atom stereocenters. The van der Waals surface area contributed by atoms with E-state index < -0.39 is 18.0 Å². The van der Waals surface area contributed by atoms with Gasteiger partial charge in [0.25, 0.3) is 0 Å². The van der Waals surface area contributed by atoms with Crippen LogP contribution in [0.25, 0.3) is 33.2 Å². The molecule has 1 N–H and O–H groups in total. The molecule has 10 heteroatoms. The van der Waals surface area contributed by atoms with Crippen LogP contribution < -0.4 is 5.32 Å². The molecule has 5 rings (SSSR count). The summed E-state index contributed by atoms with van der Waals surface area (Å²) in [5.41, 5.74) is 1.38. The first kappa shape index (κ1) is 21.6. The van der Waals surface area contributed by atoms with E-state index >= 15 is 0 Å². The molecule has 170 valence electrons. The number of nitrogens with zero attached hydrogens (tertiary/aromatic N) is 5. The van der Waals surface area contributed by atoms with Crippen molar-refractivity contribution in [2.75, 3.05) is 5.32 Å². The summed E-state index contributed by atoms with van der Waals surface area (Å²) >= 11 is 0. The van der Waals surface area contributed by atoms with Gasteiger partial charge in [-0.1, -0.05) is 0 Å². The lowest BCUT2D eigenvalue weighted by molar-refractivity contribution is -0.143. The van der Waals surface area contributed by atoms with Gasteiger partial charge in [-0.05, 0) is 49.4 Å². The third-order valence-corrected chi connectivity index (χ3v) is 5.45. The summed E-state index contributed by atoms with van der Waals surface area (Å²) in [5.74, 6) is -0.561. The Morgan fingerprint density at radius 1 is 0.941 bits per heavy atom. The van der Waals surface area contributed by atoms with Gasteiger partial charge >= 0.3 is 6.18 Å². The van der Waals surface area contributed by atoms with E-state index in [1.165, 1.54) is 50.0 Å². The highest BCUT2D eigenvalue weighted by molar-refractivity contribution is 5.87. The first-order chi connectivity index (χ1) is 16.3. The summed E-state index contributed by atoms with van der Waals surface area (Å²) in [5, 5.41) is 2.88. The fraction of sp³-hybridized carbons (Fsp3) is 0.125. The Kier molecular flexibility index (Phi) is 5.27. The zero-order chi connectivity index (χ0) is 23.9. The molecule has 6 nitrogen and oxygen atoms in total. The molecule has 4 heterocycles. The Hall–Kier alpha value is -4.21. The number of benzene rings is 1. The van der Waals surface area contributed by atoms with Gasteiger partial charge in [-0.25, -0.2) is 19.3 Å². The van der Waals surface area contributed by atoms with Crippen LogP contribution in [0.4, 0.5) is 23.4 Å². The lowest BCUT2D eigenvalue weighted by atomic mass is 9.97. The van der Waals surface area contributed by atoms with E-state index in [0.29, 0.717) is 16.5 Å². The van der Waals surface area contributed by atoms with Gasteiger partial charge in [-0.15, -0.1) is 0 Å². The Balaban J connectivity index is 1.75. The Labute approximate surface area is 190 Å². The van der Waals surface area contributed by atoms with Gasteiger partial charge in [0, 0.05) is 40.7 Å². The molecular formula is C24H16F4N6. The summed E-state index contributed by atoms with van der Waals surface area (Å²) in [6, 6.07) is 8.28. The minimum Gasteiger partial charge on any atom is -0.353 e. The molecule has 0 radical (unpaired) electrons. The number of rotatable bonds is 4. The van der Waals surface area contributed by atoms with Crippen molar-refractivity contribution in [1.29, 1.82) is 0 Å². The molecule has 1 aromatic carbocycles. The molecule has 34 heavy (non-hydrogen) atoms. The van der Waals surface area contributed by atoms with Crippen LogP contribution in [0, 0.1) is 12.7 Å². The van der Waals surface area contributed by atoms with Crippen molar-refractivity contribution in [3.05, 3.63) is 84.3 Å². The number of hydrogen-bond donors (Lipinski definition) is 1. The van der Waals surface area contributed by atoms with E-state index in [1.807, 2.05) is 0 Å². The molecule has 0 amide bonds. The predicted octanol–water partition coefficient (Wildman–Crippen LogP) is 5.80. The number of hydrogen-bond acceptors (Lipinski definition) is 6. The van der Waals surface area contributed by atoms with Gasteiger partial charge in [0.05, 0.1) is 16.7 Å². The number of pyridine rings is 3. The minimum atomic E-state index is -4.73. The zero-order valence-electron chi connectivity index (χ0n) is 17.7. The highest BCUT2D eigenvalue weighted by Crippen LogP contribution is 2.41. The maximum atomic E-state index is 14.5. The number of aromatic nitrogens is 5. The molecular weight excluding hydrogens is 448 g/mol. The van der Waals surface area contributed by atoms with Crippen molar-refractivity contribution < 1.29 is 17.6 Å². The predicted molar refractivity (Wildman–Crippen MR) is 119 cm³/mol. The van der Waals surface area contributed by atoms with Gasteiger partial charge in [0.2, 0.25) is 0 Å². The van der Waals surface area contributed by atoms with Gasteiger partial charge < -0.3 is 5.32 Å². The average Bonchev–Trinajstić information content (AvgIpc) is 2.84. The summed E-state index contributed by atoms with van der Waals surface area (Å²) in [6.07, 6.45) is 0.824. The van der Waals surface area contributed by atoms with E-state index in [0.717, 1.165) is 0 Å². The molecule has 5 aromatic rings. The lowest BCUT2D eigenvalue weighted by Crippen LogP contribution is -2.29. The molecule has 0 fully saturated rings. The normalized spacial score (nSPS) is 12.7. The second kappa shape index (κ2) is 8.29. The van der Waals surface area contributed by atoms with E-state index in [4.69, 9.17) is 0 Å². The molecule has 0 aliphatic carbocycles. The van der Waals surface area contributed by atoms with Crippen LogP contribution in [0.5, 0.6) is 0 Å². The minimum absolute atomic E-state index is 0.0374. The fourth-order valence-electron chi connectivity index (χ4n) is 3.80. The molecule has 0 bridgehead atoms. The first-order valence-corrected chi connectivity index (χ1v) is 10.2. The molecule has 4 aromatic heterocycles. The fourth-order valence-corrected chi connectivity index (χ4v) is 3.80. The quantitative estimate of drug-likeness (QED) is 0.339. The summed E-state index contributed by atoms with van der Waals surface area (Å²) in [4.78, 5) is 20.7. The SMILES string of the molecule is Cc1c(F)ccc2cc(C(Nc3ncnc4cccnc34)C(F)(F)F)c(-c3cccnc3)nc12. The van der Waals surface area contributed by atoms with Crippen LogP contribution in [-0.2, 0) is 0 Å². The Morgan fingerprint density at radius 2 is 1.76 bits per heavy atom. The highest BCUT2D eigenvalue weighted by Gasteiger charge is 2.43. The topological polar surface area (TPSA) is 76.5 Å². The van der Waals surface area contributed by atoms with Gasteiger partial charge in [0.15, 0.2) is 11.9 Å². The number of nitrogens with one attached hydrogen (secondary N) is 1. The third kappa shape index (κ3) is 3.87. The monoisotopic (exact) mass is 464 g/mol. The molecule has 0 aliphatic heterocycles. The first-order valence-electron chi connectivity index (χ1n) is 10.2. The zero-order valence-corrected chi connectivity index (χ0v) is 17.7. The van der Waals surface area contributed by atoms with Crippen molar-refractivity contribution in [3.8, 4) is 11.3 Å². The smallest absolute Gasteiger partial charge is 0.353 e. The molecule has 0 saturated carbocycles. The second-order valence-corrected chi connectivity index (χ2v) is 7.62. The molecule has 1 unspecified atom stereocenters. The molecule has 0 aliphatic rings. The Bertz CT molecular complexity index is 1500. The van der Waals surface area contributed by atoms with Crippen LogP contribution in [-0.4, -0.2) is 31.1 Å². The summed E-state index contributed by atoms with van der Waals surface area (Å²) in [7, 11) is 0. The van der Waals surface area contributed by atoms with Crippen LogP contribution in [0.1, 0.15) is 17.2 Å². The maximum absolute atomic E-state index is 14.5. The van der Waals surface area contributed by atoms with E-state index in [-0.39, 0.29) is 33.7 Å². The van der Waals surface area contributed by atoms with Gasteiger partial charge in [-0.3, -0.25) is 9.97 Å². The molecule has 0 saturated heterocycles. The third-order valence-electron chi connectivity index (χ3n) is 5.45. The van der Waals surface area contributed by atoms with Crippen molar-refractivity contribution in [1.82, 2.24) is 24.9 Å². The number of halogens is 4. The number of alkyl halides is 3. The molecule has 0 spiro atoms. The standard InChI is InChI=1S/C24H16F4N6/c1-13-17(25)7-6-14-10-16(20(33-19(13)14)15-4-2-8-29-11-15)22(24(26,27)28)34-23-21-18(31-12-32-23)5-3-9-30-21/h2-12,22H,1H3,(H,31,32,34). The van der Waals surface area contributed by atoms with Gasteiger partial charge in [0.1, 0.15) is 17.7 Å². The van der Waals surface area contributed by atoms with Crippen molar-refractivity contribution in [2.24, 2.45) is 0 Å². The van der Waals surface area contributed by atoms with Crippen LogP contribution >= 0.6 is 0 Å².